The van der Waals surface area contributed by atoms with Gasteiger partial charge in [0.1, 0.15) is 6.04 Å². The first kappa shape index (κ1) is 16.0. The second kappa shape index (κ2) is 6.37. The maximum atomic E-state index is 12.2. The van der Waals surface area contributed by atoms with Crippen LogP contribution in [0.1, 0.15) is 47.5 Å². The third-order valence-electron chi connectivity index (χ3n) is 4.08. The number of carbonyl (C=O) groups excluding carboxylic acids is 1. The van der Waals surface area contributed by atoms with Crippen molar-refractivity contribution in [2.75, 3.05) is 0 Å². The molecule has 2 N–H and O–H groups in total. The first-order chi connectivity index (χ1) is 8.75. The maximum Gasteiger partial charge on any atom is 0.326 e. The van der Waals surface area contributed by atoms with Crippen LogP contribution in [0.4, 0.5) is 0 Å². The van der Waals surface area contributed by atoms with E-state index < -0.39 is 12.0 Å². The Morgan fingerprint density at radius 2 is 1.63 bits per heavy atom. The van der Waals surface area contributed by atoms with E-state index in [9.17, 15) is 9.59 Å². The SMILES string of the molecule is CC(C)C(NC(=O)C(C)N1C(C)CCC1C)C(=O)O. The van der Waals surface area contributed by atoms with Crippen molar-refractivity contribution >= 4 is 11.9 Å². The largest absolute Gasteiger partial charge is 0.480 e. The number of nitrogens with one attached hydrogen (secondary N) is 1. The fraction of sp³-hybridized carbons (Fsp3) is 0.857. The van der Waals surface area contributed by atoms with Crippen LogP contribution in [0, 0.1) is 5.92 Å². The summed E-state index contributed by atoms with van der Waals surface area (Å²) in [6.45, 7) is 9.68. The molecule has 1 saturated heterocycles. The van der Waals surface area contributed by atoms with Gasteiger partial charge < -0.3 is 10.4 Å². The molecule has 4 atom stereocenters. The molecular formula is C14H26N2O3. The van der Waals surface area contributed by atoms with E-state index in [4.69, 9.17) is 5.11 Å². The third-order valence-corrected chi connectivity index (χ3v) is 4.08. The van der Waals surface area contributed by atoms with Gasteiger partial charge in [-0.3, -0.25) is 9.69 Å². The molecule has 0 aromatic heterocycles. The predicted octanol–water partition coefficient (Wildman–Crippen LogP) is 1.47. The standard InChI is InChI=1S/C14H26N2O3/c1-8(2)12(14(18)19)15-13(17)11(5)16-9(3)6-7-10(16)4/h8-12H,6-7H2,1-5H3,(H,15,17)(H,18,19). The fourth-order valence-corrected chi connectivity index (χ4v) is 2.90. The molecule has 1 aliphatic rings. The van der Waals surface area contributed by atoms with Crippen molar-refractivity contribution in [3.63, 3.8) is 0 Å². The van der Waals surface area contributed by atoms with Crippen LogP contribution in [0.5, 0.6) is 0 Å². The van der Waals surface area contributed by atoms with Crippen LogP contribution in [0.2, 0.25) is 0 Å². The number of likely N-dealkylation sites (tertiary alicyclic amines) is 1. The highest BCUT2D eigenvalue weighted by Gasteiger charge is 2.35. The molecule has 5 heteroatoms. The molecule has 1 amide bonds. The molecule has 0 aromatic rings. The number of rotatable bonds is 5. The van der Waals surface area contributed by atoms with Crippen LogP contribution in [-0.4, -0.2) is 46.1 Å². The Hall–Kier alpha value is -1.10. The number of amides is 1. The van der Waals surface area contributed by atoms with E-state index in [0.717, 1.165) is 12.8 Å². The number of aliphatic carboxylic acids is 1. The molecule has 1 fully saturated rings. The topological polar surface area (TPSA) is 69.6 Å². The summed E-state index contributed by atoms with van der Waals surface area (Å²) < 4.78 is 0. The first-order valence-corrected chi connectivity index (χ1v) is 7.06. The lowest BCUT2D eigenvalue weighted by Crippen LogP contribution is -2.54. The average molecular weight is 270 g/mol. The van der Waals surface area contributed by atoms with Crippen molar-refractivity contribution in [3.8, 4) is 0 Å². The van der Waals surface area contributed by atoms with E-state index in [1.807, 2.05) is 6.92 Å². The van der Waals surface area contributed by atoms with Gasteiger partial charge in [0.2, 0.25) is 5.91 Å². The molecule has 0 aliphatic carbocycles. The summed E-state index contributed by atoms with van der Waals surface area (Å²) in [7, 11) is 0. The highest BCUT2D eigenvalue weighted by atomic mass is 16.4. The Bertz CT molecular complexity index is 334. The van der Waals surface area contributed by atoms with Crippen molar-refractivity contribution in [3.05, 3.63) is 0 Å². The van der Waals surface area contributed by atoms with Crippen LogP contribution < -0.4 is 5.32 Å². The molecule has 0 radical (unpaired) electrons. The Labute approximate surface area is 115 Å². The Balaban J connectivity index is 2.69. The number of nitrogens with zero attached hydrogens (tertiary/aromatic N) is 1. The molecule has 0 bridgehead atoms. The van der Waals surface area contributed by atoms with Crippen LogP contribution >= 0.6 is 0 Å². The maximum absolute atomic E-state index is 12.2. The number of hydrogen-bond donors (Lipinski definition) is 2. The molecule has 1 heterocycles. The van der Waals surface area contributed by atoms with Crippen LogP contribution in [0.15, 0.2) is 0 Å². The van der Waals surface area contributed by atoms with Gasteiger partial charge in [-0.05, 0) is 39.5 Å². The minimum Gasteiger partial charge on any atom is -0.480 e. The van der Waals surface area contributed by atoms with Gasteiger partial charge in [0.05, 0.1) is 6.04 Å². The highest BCUT2D eigenvalue weighted by molar-refractivity contribution is 5.86. The van der Waals surface area contributed by atoms with Gasteiger partial charge in [0, 0.05) is 12.1 Å². The van der Waals surface area contributed by atoms with Crippen molar-refractivity contribution in [2.45, 2.75) is 71.6 Å². The summed E-state index contributed by atoms with van der Waals surface area (Å²) in [6.07, 6.45) is 2.18. The molecule has 19 heavy (non-hydrogen) atoms. The van der Waals surface area contributed by atoms with Crippen molar-refractivity contribution < 1.29 is 14.7 Å². The van der Waals surface area contributed by atoms with Crippen molar-refractivity contribution in [2.24, 2.45) is 5.92 Å². The van der Waals surface area contributed by atoms with Crippen molar-refractivity contribution in [1.82, 2.24) is 10.2 Å². The van der Waals surface area contributed by atoms with E-state index in [1.54, 1.807) is 13.8 Å². The summed E-state index contributed by atoms with van der Waals surface area (Å²) in [4.78, 5) is 25.5. The zero-order valence-corrected chi connectivity index (χ0v) is 12.5. The zero-order valence-electron chi connectivity index (χ0n) is 12.5. The molecule has 5 nitrogen and oxygen atoms in total. The summed E-state index contributed by atoms with van der Waals surface area (Å²) >= 11 is 0. The molecule has 4 unspecified atom stereocenters. The van der Waals surface area contributed by atoms with Gasteiger partial charge in [-0.1, -0.05) is 13.8 Å². The van der Waals surface area contributed by atoms with Crippen LogP contribution in [0.25, 0.3) is 0 Å². The van der Waals surface area contributed by atoms with Gasteiger partial charge in [-0.15, -0.1) is 0 Å². The summed E-state index contributed by atoms with van der Waals surface area (Å²) in [5, 5.41) is 11.8. The smallest absolute Gasteiger partial charge is 0.326 e. The second-order valence-electron chi connectivity index (χ2n) is 5.97. The molecule has 1 rings (SSSR count). The predicted molar refractivity (Wildman–Crippen MR) is 73.9 cm³/mol. The van der Waals surface area contributed by atoms with Gasteiger partial charge >= 0.3 is 5.97 Å². The molecule has 0 spiro atoms. The zero-order chi connectivity index (χ0) is 14.7. The minimum atomic E-state index is -0.974. The van der Waals surface area contributed by atoms with Gasteiger partial charge in [0.15, 0.2) is 0 Å². The Morgan fingerprint density at radius 3 is 2.00 bits per heavy atom. The number of hydrogen-bond acceptors (Lipinski definition) is 3. The van der Waals surface area contributed by atoms with Crippen LogP contribution in [0.3, 0.4) is 0 Å². The van der Waals surface area contributed by atoms with Gasteiger partial charge in [-0.2, -0.15) is 0 Å². The molecular weight excluding hydrogens is 244 g/mol. The lowest BCUT2D eigenvalue weighted by Gasteiger charge is -2.32. The lowest BCUT2D eigenvalue weighted by molar-refractivity contribution is -0.144. The quantitative estimate of drug-likeness (QED) is 0.794. The lowest BCUT2D eigenvalue weighted by atomic mass is 10.0. The van der Waals surface area contributed by atoms with E-state index in [2.05, 4.69) is 24.1 Å². The van der Waals surface area contributed by atoms with Gasteiger partial charge in [0.25, 0.3) is 0 Å². The number of carbonyl (C=O) groups is 2. The fourth-order valence-electron chi connectivity index (χ4n) is 2.90. The Morgan fingerprint density at radius 1 is 1.16 bits per heavy atom. The number of carboxylic acid groups (broad SMARTS) is 1. The van der Waals surface area contributed by atoms with E-state index in [-0.39, 0.29) is 17.9 Å². The second-order valence-corrected chi connectivity index (χ2v) is 5.97. The molecule has 0 aromatic carbocycles. The number of carboxylic acids is 1. The monoisotopic (exact) mass is 270 g/mol. The summed E-state index contributed by atoms with van der Waals surface area (Å²) in [5.74, 6) is -1.29. The van der Waals surface area contributed by atoms with Crippen LogP contribution in [-0.2, 0) is 9.59 Å². The van der Waals surface area contributed by atoms with E-state index >= 15 is 0 Å². The first-order valence-electron chi connectivity index (χ1n) is 7.06. The van der Waals surface area contributed by atoms with Gasteiger partial charge in [-0.25, -0.2) is 4.79 Å². The summed E-state index contributed by atoms with van der Waals surface area (Å²) in [6, 6.07) is -0.354. The third kappa shape index (κ3) is 3.69. The molecule has 1 aliphatic heterocycles. The molecule has 0 saturated carbocycles. The molecule has 110 valence electrons. The highest BCUT2D eigenvalue weighted by Crippen LogP contribution is 2.26. The Kier molecular flexibility index (Phi) is 5.35. The normalized spacial score (nSPS) is 27.3. The van der Waals surface area contributed by atoms with E-state index in [1.165, 1.54) is 0 Å². The average Bonchev–Trinajstić information content (AvgIpc) is 2.63. The van der Waals surface area contributed by atoms with Crippen molar-refractivity contribution in [1.29, 1.82) is 0 Å². The van der Waals surface area contributed by atoms with E-state index in [0.29, 0.717) is 12.1 Å². The summed E-state index contributed by atoms with van der Waals surface area (Å²) in [5.41, 5.74) is 0. The minimum absolute atomic E-state index is 0.123.